The SMILES string of the molecule is COCc1cccc(OCC(O)CO)c1. The standard InChI is InChI=1S/C11H16O4/c1-14-7-9-3-2-4-11(5-9)15-8-10(13)6-12/h2-5,10,12-13H,6-8H2,1H3. The van der Waals surface area contributed by atoms with Gasteiger partial charge in [0, 0.05) is 7.11 Å². The molecule has 0 aliphatic carbocycles. The minimum absolute atomic E-state index is 0.0902. The fraction of sp³-hybridized carbons (Fsp3) is 0.455. The Morgan fingerprint density at radius 1 is 1.40 bits per heavy atom. The van der Waals surface area contributed by atoms with Gasteiger partial charge >= 0.3 is 0 Å². The number of aliphatic hydroxyl groups is 2. The fourth-order valence-corrected chi connectivity index (χ4v) is 1.14. The molecule has 0 aliphatic rings. The first-order chi connectivity index (χ1) is 7.26. The monoisotopic (exact) mass is 212 g/mol. The van der Waals surface area contributed by atoms with Crippen LogP contribution in [0.5, 0.6) is 5.75 Å². The molecule has 1 aromatic rings. The predicted molar refractivity (Wildman–Crippen MR) is 55.7 cm³/mol. The summed E-state index contributed by atoms with van der Waals surface area (Å²) in [6.45, 7) is 0.324. The van der Waals surface area contributed by atoms with Crippen LogP contribution in [0, 0.1) is 0 Å². The number of ether oxygens (including phenoxy) is 2. The van der Waals surface area contributed by atoms with Gasteiger partial charge in [0.25, 0.3) is 0 Å². The van der Waals surface area contributed by atoms with Crippen molar-refractivity contribution in [3.05, 3.63) is 29.8 Å². The number of hydrogen-bond donors (Lipinski definition) is 2. The summed E-state index contributed by atoms with van der Waals surface area (Å²) in [6, 6.07) is 7.42. The van der Waals surface area contributed by atoms with E-state index in [2.05, 4.69) is 0 Å². The van der Waals surface area contributed by atoms with Gasteiger partial charge in [-0.15, -0.1) is 0 Å². The van der Waals surface area contributed by atoms with Crippen molar-refractivity contribution >= 4 is 0 Å². The van der Waals surface area contributed by atoms with E-state index in [1.165, 1.54) is 0 Å². The molecule has 0 spiro atoms. The largest absolute Gasteiger partial charge is 0.491 e. The van der Waals surface area contributed by atoms with Crippen LogP contribution in [-0.4, -0.2) is 36.6 Å². The van der Waals surface area contributed by atoms with E-state index < -0.39 is 6.10 Å². The van der Waals surface area contributed by atoms with Gasteiger partial charge in [-0.1, -0.05) is 12.1 Å². The highest BCUT2D eigenvalue weighted by Crippen LogP contribution is 2.14. The fourth-order valence-electron chi connectivity index (χ4n) is 1.14. The highest BCUT2D eigenvalue weighted by Gasteiger charge is 2.03. The second-order valence-electron chi connectivity index (χ2n) is 3.23. The van der Waals surface area contributed by atoms with Crippen molar-refractivity contribution in [3.8, 4) is 5.75 Å². The maximum atomic E-state index is 9.09. The normalized spacial score (nSPS) is 12.5. The molecule has 0 aliphatic heterocycles. The first-order valence-electron chi connectivity index (χ1n) is 4.76. The van der Waals surface area contributed by atoms with Crippen LogP contribution in [0.3, 0.4) is 0 Å². The Bertz CT molecular complexity index is 288. The Hall–Kier alpha value is -1.10. The average Bonchev–Trinajstić information content (AvgIpc) is 2.27. The van der Waals surface area contributed by atoms with Crippen LogP contribution in [0.15, 0.2) is 24.3 Å². The number of methoxy groups -OCH3 is 1. The van der Waals surface area contributed by atoms with Crippen molar-refractivity contribution < 1.29 is 19.7 Å². The molecule has 1 atom stereocenters. The van der Waals surface area contributed by atoms with Crippen LogP contribution in [0.2, 0.25) is 0 Å². The first-order valence-corrected chi connectivity index (χ1v) is 4.76. The summed E-state index contributed by atoms with van der Waals surface area (Å²) in [5, 5.41) is 17.7. The molecule has 15 heavy (non-hydrogen) atoms. The summed E-state index contributed by atoms with van der Waals surface area (Å²) in [4.78, 5) is 0. The van der Waals surface area contributed by atoms with Crippen molar-refractivity contribution in [2.75, 3.05) is 20.3 Å². The van der Waals surface area contributed by atoms with Crippen molar-refractivity contribution in [2.45, 2.75) is 12.7 Å². The summed E-state index contributed by atoms with van der Waals surface area (Å²) in [5.74, 6) is 0.664. The van der Waals surface area contributed by atoms with Crippen molar-refractivity contribution in [2.24, 2.45) is 0 Å². The Balaban J connectivity index is 2.50. The maximum Gasteiger partial charge on any atom is 0.119 e. The van der Waals surface area contributed by atoms with Crippen LogP contribution >= 0.6 is 0 Å². The lowest BCUT2D eigenvalue weighted by Gasteiger charge is -2.10. The van der Waals surface area contributed by atoms with E-state index in [4.69, 9.17) is 19.7 Å². The quantitative estimate of drug-likeness (QED) is 0.723. The van der Waals surface area contributed by atoms with Crippen molar-refractivity contribution in [3.63, 3.8) is 0 Å². The zero-order valence-electron chi connectivity index (χ0n) is 8.72. The summed E-state index contributed by atoms with van der Waals surface area (Å²) < 4.78 is 10.3. The second kappa shape index (κ2) is 6.40. The number of rotatable bonds is 6. The maximum absolute atomic E-state index is 9.09. The van der Waals surface area contributed by atoms with Crippen LogP contribution in [-0.2, 0) is 11.3 Å². The molecular formula is C11H16O4. The highest BCUT2D eigenvalue weighted by molar-refractivity contribution is 5.28. The van der Waals surface area contributed by atoms with E-state index >= 15 is 0 Å². The van der Waals surface area contributed by atoms with Crippen LogP contribution < -0.4 is 4.74 Å². The lowest BCUT2D eigenvalue weighted by atomic mass is 10.2. The van der Waals surface area contributed by atoms with Gasteiger partial charge in [0.05, 0.1) is 13.2 Å². The topological polar surface area (TPSA) is 58.9 Å². The number of benzene rings is 1. The molecule has 1 aromatic carbocycles. The summed E-state index contributed by atoms with van der Waals surface area (Å²) in [6.07, 6.45) is -0.837. The van der Waals surface area contributed by atoms with E-state index in [9.17, 15) is 0 Å². The third-order valence-corrected chi connectivity index (χ3v) is 1.86. The zero-order valence-corrected chi connectivity index (χ0v) is 8.72. The van der Waals surface area contributed by atoms with Crippen LogP contribution in [0.25, 0.3) is 0 Å². The molecule has 4 nitrogen and oxygen atoms in total. The van der Waals surface area contributed by atoms with E-state index in [1.807, 2.05) is 18.2 Å². The minimum atomic E-state index is -0.837. The van der Waals surface area contributed by atoms with Crippen LogP contribution in [0.4, 0.5) is 0 Å². The minimum Gasteiger partial charge on any atom is -0.491 e. The Kier molecular flexibility index (Phi) is 5.10. The van der Waals surface area contributed by atoms with Gasteiger partial charge < -0.3 is 19.7 Å². The van der Waals surface area contributed by atoms with E-state index in [0.29, 0.717) is 12.4 Å². The molecule has 1 unspecified atom stereocenters. The Labute approximate surface area is 89.1 Å². The first kappa shape index (κ1) is 12.0. The molecule has 0 amide bonds. The number of hydrogen-bond acceptors (Lipinski definition) is 4. The van der Waals surface area contributed by atoms with Crippen molar-refractivity contribution in [1.82, 2.24) is 0 Å². The molecule has 0 fully saturated rings. The lowest BCUT2D eigenvalue weighted by Crippen LogP contribution is -2.21. The third kappa shape index (κ3) is 4.29. The molecule has 0 saturated heterocycles. The number of aliphatic hydroxyl groups excluding tert-OH is 2. The van der Waals surface area contributed by atoms with Gasteiger partial charge in [0.15, 0.2) is 0 Å². The molecule has 0 saturated carbocycles. The second-order valence-corrected chi connectivity index (χ2v) is 3.23. The van der Waals surface area contributed by atoms with E-state index in [0.717, 1.165) is 5.56 Å². The van der Waals surface area contributed by atoms with Crippen LogP contribution in [0.1, 0.15) is 5.56 Å². The molecular weight excluding hydrogens is 196 g/mol. The van der Waals surface area contributed by atoms with Gasteiger partial charge in [-0.25, -0.2) is 0 Å². The smallest absolute Gasteiger partial charge is 0.119 e. The average molecular weight is 212 g/mol. The molecule has 84 valence electrons. The molecule has 0 radical (unpaired) electrons. The van der Waals surface area contributed by atoms with E-state index in [1.54, 1.807) is 13.2 Å². The molecule has 2 N–H and O–H groups in total. The lowest BCUT2D eigenvalue weighted by molar-refractivity contribution is 0.0535. The Morgan fingerprint density at radius 2 is 2.20 bits per heavy atom. The molecule has 0 heterocycles. The highest BCUT2D eigenvalue weighted by atomic mass is 16.5. The summed E-state index contributed by atoms with van der Waals surface area (Å²) in [7, 11) is 1.63. The Morgan fingerprint density at radius 3 is 2.87 bits per heavy atom. The zero-order chi connectivity index (χ0) is 11.1. The third-order valence-electron chi connectivity index (χ3n) is 1.86. The van der Waals surface area contributed by atoms with Gasteiger partial charge in [-0.2, -0.15) is 0 Å². The summed E-state index contributed by atoms with van der Waals surface area (Å²) >= 11 is 0. The molecule has 1 rings (SSSR count). The molecule has 0 aromatic heterocycles. The van der Waals surface area contributed by atoms with Gasteiger partial charge in [-0.05, 0) is 17.7 Å². The van der Waals surface area contributed by atoms with E-state index in [-0.39, 0.29) is 13.2 Å². The van der Waals surface area contributed by atoms with Crippen molar-refractivity contribution in [1.29, 1.82) is 0 Å². The van der Waals surface area contributed by atoms with Gasteiger partial charge in [0.2, 0.25) is 0 Å². The summed E-state index contributed by atoms with van der Waals surface area (Å²) in [5.41, 5.74) is 1.01. The van der Waals surface area contributed by atoms with Gasteiger partial charge in [-0.3, -0.25) is 0 Å². The molecule has 0 bridgehead atoms. The molecule has 4 heteroatoms. The van der Waals surface area contributed by atoms with Gasteiger partial charge in [0.1, 0.15) is 18.5 Å². The predicted octanol–water partition coefficient (Wildman–Crippen LogP) is 0.565.